The van der Waals surface area contributed by atoms with Gasteiger partial charge in [-0.25, -0.2) is 0 Å². The Kier molecular flexibility index (Phi) is 8.19. The monoisotopic (exact) mass is 458 g/mol. The van der Waals surface area contributed by atoms with Gasteiger partial charge in [-0.15, -0.1) is 0 Å². The Morgan fingerprint density at radius 2 is 1.88 bits per heavy atom. The van der Waals surface area contributed by atoms with Gasteiger partial charge in [0.1, 0.15) is 0 Å². The molecule has 1 heterocycles. The summed E-state index contributed by atoms with van der Waals surface area (Å²) in [6.45, 7) is 13.3. The maximum atomic E-state index is 13.5. The van der Waals surface area contributed by atoms with Crippen molar-refractivity contribution < 1.29 is 5.11 Å². The highest BCUT2D eigenvalue weighted by atomic mass is 16.3. The number of fused-ring (bicyclic) bond motifs is 1. The predicted octanol–water partition coefficient (Wildman–Crippen LogP) is 7.78. The van der Waals surface area contributed by atoms with Gasteiger partial charge in [-0.3, -0.25) is 0 Å². The lowest BCUT2D eigenvalue weighted by molar-refractivity contribution is -0.425. The minimum atomic E-state index is -0.679. The second-order valence-corrected chi connectivity index (χ2v) is 11.4. The Morgan fingerprint density at radius 1 is 1.06 bits per heavy atom. The zero-order valence-corrected chi connectivity index (χ0v) is 22.1. The second-order valence-electron chi connectivity index (χ2n) is 11.4. The summed E-state index contributed by atoms with van der Waals surface area (Å²) in [6, 6.07) is 13.5. The molecule has 2 heteroatoms. The van der Waals surface area contributed by atoms with E-state index < -0.39 is 6.10 Å². The van der Waals surface area contributed by atoms with Gasteiger partial charge in [-0.05, 0) is 92.5 Å². The Morgan fingerprint density at radius 3 is 2.68 bits per heavy atom. The van der Waals surface area contributed by atoms with E-state index in [-0.39, 0.29) is 0 Å². The van der Waals surface area contributed by atoms with Gasteiger partial charge in [0.2, 0.25) is 0 Å². The average molecular weight is 459 g/mol. The third-order valence-electron chi connectivity index (χ3n) is 8.09. The minimum Gasteiger partial charge on any atom is -0.848 e. The highest BCUT2D eigenvalue weighted by Crippen LogP contribution is 2.34. The SMILES string of the molecule is C/C(CC([O-])c1ccc(C(C)C)c(CN2CCCc3ccc(C)cc32)c1)=C1/CCCCC(C)C1. The molecular formula is C32H44NO-. The maximum Gasteiger partial charge on any atom is 0.0432 e. The molecule has 1 fully saturated rings. The van der Waals surface area contributed by atoms with E-state index in [2.05, 4.69) is 75.9 Å². The summed E-state index contributed by atoms with van der Waals surface area (Å²) in [5.74, 6) is 1.21. The molecule has 2 aromatic rings. The Labute approximate surface area is 208 Å². The molecule has 0 aromatic heterocycles. The number of allylic oxidation sites excluding steroid dienone is 1. The van der Waals surface area contributed by atoms with Crippen LogP contribution in [0.2, 0.25) is 0 Å². The molecule has 1 aliphatic heterocycles. The molecule has 2 unspecified atom stereocenters. The summed E-state index contributed by atoms with van der Waals surface area (Å²) < 4.78 is 0. The first-order valence-corrected chi connectivity index (χ1v) is 13.6. The fourth-order valence-corrected chi connectivity index (χ4v) is 6.04. The van der Waals surface area contributed by atoms with Crippen LogP contribution in [0.1, 0.15) is 112 Å². The van der Waals surface area contributed by atoms with Crippen LogP contribution >= 0.6 is 0 Å². The molecule has 184 valence electrons. The molecule has 0 spiro atoms. The predicted molar refractivity (Wildman–Crippen MR) is 143 cm³/mol. The Hall–Kier alpha value is -2.06. The van der Waals surface area contributed by atoms with E-state index in [0.717, 1.165) is 24.6 Å². The number of hydrogen-bond donors (Lipinski definition) is 0. The normalized spacial score (nSPS) is 21.3. The number of nitrogens with zero attached hydrogens (tertiary/aromatic N) is 1. The minimum absolute atomic E-state index is 0.451. The summed E-state index contributed by atoms with van der Waals surface area (Å²) in [5.41, 5.74) is 10.7. The highest BCUT2D eigenvalue weighted by Gasteiger charge is 2.20. The van der Waals surface area contributed by atoms with Gasteiger partial charge in [0.25, 0.3) is 0 Å². The number of rotatable bonds is 6. The lowest BCUT2D eigenvalue weighted by Gasteiger charge is -2.33. The van der Waals surface area contributed by atoms with Crippen molar-refractivity contribution in [3.8, 4) is 0 Å². The molecule has 2 aromatic carbocycles. The first-order valence-electron chi connectivity index (χ1n) is 13.6. The van der Waals surface area contributed by atoms with Gasteiger partial charge in [0.05, 0.1) is 0 Å². The van der Waals surface area contributed by atoms with Gasteiger partial charge in [0, 0.05) is 18.8 Å². The smallest absolute Gasteiger partial charge is 0.0432 e. The van der Waals surface area contributed by atoms with Crippen molar-refractivity contribution in [2.45, 2.75) is 105 Å². The van der Waals surface area contributed by atoms with Crippen molar-refractivity contribution in [2.75, 3.05) is 11.4 Å². The molecule has 4 rings (SSSR count). The van der Waals surface area contributed by atoms with Crippen LogP contribution in [-0.2, 0) is 13.0 Å². The molecule has 2 aliphatic rings. The molecule has 1 saturated carbocycles. The summed E-state index contributed by atoms with van der Waals surface area (Å²) in [6.07, 6.45) is 8.65. The standard InChI is InChI=1S/C32H44NO/c1-22(2)30-15-14-28(32(34)19-25(5)27-10-7-6-9-23(3)17-27)20-29(30)21-33-16-8-11-26-13-12-24(4)18-31(26)33/h12-15,18,20,22-23,32H,6-11,16-17,19,21H2,1-5H3/q-1/b27-25+. The zero-order chi connectivity index (χ0) is 24.2. The largest absolute Gasteiger partial charge is 0.848 e. The van der Waals surface area contributed by atoms with Gasteiger partial charge in [0.15, 0.2) is 0 Å². The summed E-state index contributed by atoms with van der Waals surface area (Å²) in [5, 5.41) is 13.5. The van der Waals surface area contributed by atoms with Crippen LogP contribution in [0.15, 0.2) is 47.5 Å². The summed E-state index contributed by atoms with van der Waals surface area (Å²) >= 11 is 0. The van der Waals surface area contributed by atoms with Gasteiger partial charge >= 0.3 is 0 Å². The number of hydrogen-bond acceptors (Lipinski definition) is 2. The van der Waals surface area contributed by atoms with Crippen molar-refractivity contribution in [1.82, 2.24) is 0 Å². The van der Waals surface area contributed by atoms with Crippen LogP contribution in [0.25, 0.3) is 0 Å². The summed E-state index contributed by atoms with van der Waals surface area (Å²) in [4.78, 5) is 2.54. The first-order chi connectivity index (χ1) is 16.3. The van der Waals surface area contributed by atoms with Crippen LogP contribution in [0.4, 0.5) is 5.69 Å². The second kappa shape index (κ2) is 11.1. The lowest BCUT2D eigenvalue weighted by Crippen LogP contribution is -2.29. The van der Waals surface area contributed by atoms with Crippen LogP contribution in [-0.4, -0.2) is 6.54 Å². The Bertz CT molecular complexity index is 1020. The van der Waals surface area contributed by atoms with Crippen molar-refractivity contribution >= 4 is 5.69 Å². The van der Waals surface area contributed by atoms with E-state index in [1.165, 1.54) is 78.5 Å². The average Bonchev–Trinajstić information content (AvgIpc) is 3.03. The zero-order valence-electron chi connectivity index (χ0n) is 22.1. The van der Waals surface area contributed by atoms with Crippen LogP contribution in [0, 0.1) is 12.8 Å². The third kappa shape index (κ3) is 5.95. The van der Waals surface area contributed by atoms with Crippen LogP contribution in [0.5, 0.6) is 0 Å². The van der Waals surface area contributed by atoms with Crippen LogP contribution in [0.3, 0.4) is 0 Å². The molecule has 1 aliphatic carbocycles. The van der Waals surface area contributed by atoms with Crippen LogP contribution < -0.4 is 10.0 Å². The van der Waals surface area contributed by atoms with Crippen molar-refractivity contribution in [3.63, 3.8) is 0 Å². The lowest BCUT2D eigenvalue weighted by atomic mass is 9.89. The van der Waals surface area contributed by atoms with Crippen molar-refractivity contribution in [2.24, 2.45) is 5.92 Å². The van der Waals surface area contributed by atoms with Gasteiger partial charge < -0.3 is 10.0 Å². The quantitative estimate of drug-likeness (QED) is 0.326. The van der Waals surface area contributed by atoms with Crippen molar-refractivity contribution in [3.05, 3.63) is 75.4 Å². The molecule has 0 radical (unpaired) electrons. The fourth-order valence-electron chi connectivity index (χ4n) is 6.04. The number of anilines is 1. The molecule has 2 atom stereocenters. The summed E-state index contributed by atoms with van der Waals surface area (Å²) in [7, 11) is 0. The first kappa shape index (κ1) is 25.0. The Balaban J connectivity index is 1.57. The molecule has 0 N–H and O–H groups in total. The molecule has 0 amide bonds. The van der Waals surface area contributed by atoms with Crippen molar-refractivity contribution in [1.29, 1.82) is 0 Å². The van der Waals surface area contributed by atoms with E-state index in [4.69, 9.17) is 0 Å². The molecule has 34 heavy (non-hydrogen) atoms. The van der Waals surface area contributed by atoms with E-state index in [9.17, 15) is 5.11 Å². The van der Waals surface area contributed by atoms with Gasteiger partial charge in [-0.1, -0.05) is 86.8 Å². The topological polar surface area (TPSA) is 26.3 Å². The van der Waals surface area contributed by atoms with Gasteiger partial charge in [-0.2, -0.15) is 0 Å². The molecular weight excluding hydrogens is 414 g/mol. The number of benzene rings is 2. The molecule has 2 nitrogen and oxygen atoms in total. The third-order valence-corrected chi connectivity index (χ3v) is 8.09. The van der Waals surface area contributed by atoms with E-state index in [1.54, 1.807) is 5.57 Å². The molecule has 0 bridgehead atoms. The van der Waals surface area contributed by atoms with E-state index >= 15 is 0 Å². The van der Waals surface area contributed by atoms with E-state index in [0.29, 0.717) is 12.3 Å². The maximum absolute atomic E-state index is 13.5. The number of aryl methyl sites for hydroxylation is 2. The van der Waals surface area contributed by atoms with E-state index in [1.807, 2.05) is 0 Å². The molecule has 0 saturated heterocycles. The highest BCUT2D eigenvalue weighted by molar-refractivity contribution is 5.58. The fraction of sp³-hybridized carbons (Fsp3) is 0.562.